The van der Waals surface area contributed by atoms with E-state index in [0.717, 1.165) is 29.2 Å². The van der Waals surface area contributed by atoms with Crippen LogP contribution in [-0.4, -0.2) is 12.3 Å². The number of thioether (sulfide) groups is 1. The van der Waals surface area contributed by atoms with Crippen molar-refractivity contribution in [1.29, 1.82) is 0 Å². The molecule has 0 heterocycles. The van der Waals surface area contributed by atoms with Crippen molar-refractivity contribution in [2.45, 2.75) is 45.1 Å². The molecule has 0 saturated carbocycles. The largest absolute Gasteiger partial charge is 0.310 e. The highest BCUT2D eigenvalue weighted by Gasteiger charge is 2.14. The summed E-state index contributed by atoms with van der Waals surface area (Å²) in [4.78, 5) is 0.808. The summed E-state index contributed by atoms with van der Waals surface area (Å²) in [5, 5.41) is 3.42. The van der Waals surface area contributed by atoms with Crippen LogP contribution >= 0.6 is 11.8 Å². The lowest BCUT2D eigenvalue weighted by molar-refractivity contribution is 0.543. The number of hydrogen-bond donors (Lipinski definition) is 1. The van der Waals surface area contributed by atoms with Gasteiger partial charge >= 0.3 is 0 Å². The molecule has 0 saturated heterocycles. The van der Waals surface area contributed by atoms with Crippen LogP contribution in [0.25, 0.3) is 0 Å². The molecule has 1 nitrogen and oxygen atoms in total. The first-order chi connectivity index (χ1) is 8.56. The zero-order chi connectivity index (χ0) is 13.5. The van der Waals surface area contributed by atoms with Crippen molar-refractivity contribution in [2.24, 2.45) is 5.92 Å². The minimum absolute atomic E-state index is 0.0942. The summed E-state index contributed by atoms with van der Waals surface area (Å²) in [6.45, 7) is 9.52. The molecule has 18 heavy (non-hydrogen) atoms. The molecule has 1 aromatic carbocycles. The van der Waals surface area contributed by atoms with Gasteiger partial charge < -0.3 is 5.32 Å². The van der Waals surface area contributed by atoms with Gasteiger partial charge in [-0.1, -0.05) is 32.9 Å². The minimum atomic E-state index is -0.0942. The molecule has 1 atom stereocenters. The lowest BCUT2D eigenvalue weighted by Crippen LogP contribution is -2.20. The molecule has 0 aliphatic carbocycles. The summed E-state index contributed by atoms with van der Waals surface area (Å²) < 4.78 is 13.9. The summed E-state index contributed by atoms with van der Waals surface area (Å²) in [6.07, 6.45) is 1.09. The zero-order valence-electron chi connectivity index (χ0n) is 11.8. The molecule has 0 radical (unpaired) electrons. The monoisotopic (exact) mass is 269 g/mol. The van der Waals surface area contributed by atoms with Crippen LogP contribution in [0.4, 0.5) is 4.39 Å². The summed E-state index contributed by atoms with van der Waals surface area (Å²) >= 11 is 1.63. The highest BCUT2D eigenvalue weighted by molar-refractivity contribution is 7.99. The average Bonchev–Trinajstić information content (AvgIpc) is 2.34. The van der Waals surface area contributed by atoms with Crippen molar-refractivity contribution >= 4 is 11.8 Å². The molecule has 1 rings (SSSR count). The second-order valence-electron chi connectivity index (χ2n) is 5.04. The van der Waals surface area contributed by atoms with E-state index in [4.69, 9.17) is 0 Å². The first-order valence-corrected chi connectivity index (χ1v) is 7.69. The van der Waals surface area contributed by atoms with Crippen molar-refractivity contribution in [3.05, 3.63) is 29.6 Å². The fourth-order valence-electron chi connectivity index (χ4n) is 1.74. The predicted molar refractivity (Wildman–Crippen MR) is 78.7 cm³/mol. The summed E-state index contributed by atoms with van der Waals surface area (Å²) in [7, 11) is 0. The van der Waals surface area contributed by atoms with Crippen LogP contribution < -0.4 is 5.32 Å². The molecule has 0 aromatic heterocycles. The van der Waals surface area contributed by atoms with Gasteiger partial charge in [-0.3, -0.25) is 0 Å². The van der Waals surface area contributed by atoms with Gasteiger partial charge in [0.2, 0.25) is 0 Å². The Hall–Kier alpha value is -0.540. The van der Waals surface area contributed by atoms with E-state index < -0.39 is 0 Å². The van der Waals surface area contributed by atoms with Crippen molar-refractivity contribution < 1.29 is 4.39 Å². The van der Waals surface area contributed by atoms with Crippen LogP contribution in [0.1, 0.15) is 45.7 Å². The molecule has 1 aromatic rings. The van der Waals surface area contributed by atoms with E-state index in [9.17, 15) is 4.39 Å². The van der Waals surface area contributed by atoms with Gasteiger partial charge in [0.1, 0.15) is 5.82 Å². The molecule has 0 amide bonds. The molecule has 102 valence electrons. The van der Waals surface area contributed by atoms with Crippen LogP contribution in [0.3, 0.4) is 0 Å². The molecular weight excluding hydrogens is 245 g/mol. The number of hydrogen-bond acceptors (Lipinski definition) is 2. The molecule has 0 spiro atoms. The Kier molecular flexibility index (Phi) is 6.72. The van der Waals surface area contributed by atoms with Crippen LogP contribution in [0.15, 0.2) is 23.1 Å². The molecule has 0 aliphatic rings. The van der Waals surface area contributed by atoms with Gasteiger partial charge in [0.25, 0.3) is 0 Å². The Morgan fingerprint density at radius 2 is 2.00 bits per heavy atom. The van der Waals surface area contributed by atoms with E-state index in [2.05, 4.69) is 33.0 Å². The summed E-state index contributed by atoms with van der Waals surface area (Å²) in [5.41, 5.74) is 1.08. The molecule has 3 heteroatoms. The third-order valence-corrected chi connectivity index (χ3v) is 4.28. The Labute approximate surface area is 115 Å². The molecule has 0 aliphatic heterocycles. The second-order valence-corrected chi connectivity index (χ2v) is 6.07. The van der Waals surface area contributed by atoms with E-state index >= 15 is 0 Å². The van der Waals surface area contributed by atoms with Gasteiger partial charge in [-0.15, -0.1) is 11.8 Å². The van der Waals surface area contributed by atoms with E-state index in [0.29, 0.717) is 5.92 Å². The maximum absolute atomic E-state index is 13.9. The number of nitrogens with one attached hydrogen (secondary N) is 1. The van der Waals surface area contributed by atoms with Gasteiger partial charge in [-0.2, -0.15) is 0 Å². The van der Waals surface area contributed by atoms with Gasteiger partial charge in [0, 0.05) is 16.7 Å². The highest BCUT2D eigenvalue weighted by atomic mass is 32.2. The third-order valence-electron chi connectivity index (χ3n) is 2.73. The fourth-order valence-corrected chi connectivity index (χ4v) is 2.86. The average molecular weight is 269 g/mol. The normalized spacial score (nSPS) is 13.0. The summed E-state index contributed by atoms with van der Waals surface area (Å²) in [5.74, 6) is 1.43. The minimum Gasteiger partial charge on any atom is -0.310 e. The number of benzene rings is 1. The van der Waals surface area contributed by atoms with Crippen molar-refractivity contribution in [2.75, 3.05) is 12.3 Å². The third kappa shape index (κ3) is 4.62. The standard InChI is InChI=1S/C15H24FNS/c1-5-9-17-12(4)13-7-6-8-14(16)15(13)18-10-11(2)3/h6-8,11-12,17H,5,9-10H2,1-4H3. The zero-order valence-corrected chi connectivity index (χ0v) is 12.6. The van der Waals surface area contributed by atoms with Crippen molar-refractivity contribution in [3.8, 4) is 0 Å². The lowest BCUT2D eigenvalue weighted by atomic mass is 10.1. The van der Waals surface area contributed by atoms with Crippen molar-refractivity contribution in [1.82, 2.24) is 5.32 Å². The van der Waals surface area contributed by atoms with E-state index in [1.165, 1.54) is 0 Å². The Morgan fingerprint density at radius 1 is 1.28 bits per heavy atom. The van der Waals surface area contributed by atoms with E-state index in [1.54, 1.807) is 23.9 Å². The van der Waals surface area contributed by atoms with Gasteiger partial charge in [0.05, 0.1) is 0 Å². The van der Waals surface area contributed by atoms with E-state index in [1.807, 2.05) is 6.07 Å². The maximum Gasteiger partial charge on any atom is 0.137 e. The van der Waals surface area contributed by atoms with Crippen molar-refractivity contribution in [3.63, 3.8) is 0 Å². The van der Waals surface area contributed by atoms with Gasteiger partial charge in [0.15, 0.2) is 0 Å². The molecule has 0 bridgehead atoms. The first-order valence-electron chi connectivity index (χ1n) is 6.70. The SMILES string of the molecule is CCCNC(C)c1cccc(F)c1SCC(C)C. The van der Waals surface area contributed by atoms with Crippen LogP contribution in [0, 0.1) is 11.7 Å². The van der Waals surface area contributed by atoms with Gasteiger partial charge in [-0.05, 0) is 37.4 Å². The maximum atomic E-state index is 13.9. The Bertz CT molecular complexity index is 366. The topological polar surface area (TPSA) is 12.0 Å². The second kappa shape index (κ2) is 7.80. The lowest BCUT2D eigenvalue weighted by Gasteiger charge is -2.18. The molecule has 1 unspecified atom stereocenters. The number of halogens is 1. The summed E-state index contributed by atoms with van der Waals surface area (Å²) in [6, 6.07) is 5.58. The van der Waals surface area contributed by atoms with Crippen LogP contribution in [0.2, 0.25) is 0 Å². The first kappa shape index (κ1) is 15.5. The highest BCUT2D eigenvalue weighted by Crippen LogP contribution is 2.31. The van der Waals surface area contributed by atoms with E-state index in [-0.39, 0.29) is 11.9 Å². The Morgan fingerprint density at radius 3 is 2.61 bits per heavy atom. The molecular formula is C15H24FNS. The van der Waals surface area contributed by atoms with Gasteiger partial charge in [-0.25, -0.2) is 4.39 Å². The molecule has 0 fully saturated rings. The predicted octanol–water partition coefficient (Wildman–Crippen LogP) is 4.63. The molecule has 1 N–H and O–H groups in total. The fraction of sp³-hybridized carbons (Fsp3) is 0.600. The van der Waals surface area contributed by atoms with Crippen LogP contribution in [0.5, 0.6) is 0 Å². The smallest absolute Gasteiger partial charge is 0.137 e. The Balaban J connectivity index is 2.85. The van der Waals surface area contributed by atoms with Crippen LogP contribution in [-0.2, 0) is 0 Å². The number of rotatable bonds is 7. The quantitative estimate of drug-likeness (QED) is 0.724.